The SMILES string of the molecule is COc1ccc(C(=O)N2CCCC(O)(COc3ccc(C)c(C)c3)C2)cc1F. The Morgan fingerprint density at radius 2 is 2.00 bits per heavy atom. The van der Waals surface area contributed by atoms with E-state index in [0.717, 1.165) is 5.56 Å². The van der Waals surface area contributed by atoms with Crippen LogP contribution in [0.25, 0.3) is 0 Å². The third-order valence-corrected chi connectivity index (χ3v) is 5.23. The minimum Gasteiger partial charge on any atom is -0.494 e. The summed E-state index contributed by atoms with van der Waals surface area (Å²) in [6.45, 7) is 4.78. The first-order chi connectivity index (χ1) is 13.3. The molecule has 1 heterocycles. The molecular formula is C22H26FNO4. The van der Waals surface area contributed by atoms with E-state index in [2.05, 4.69) is 0 Å². The normalized spacial score (nSPS) is 19.4. The summed E-state index contributed by atoms with van der Waals surface area (Å²) in [6, 6.07) is 9.91. The average molecular weight is 387 g/mol. The molecule has 2 aromatic carbocycles. The number of likely N-dealkylation sites (tertiary alicyclic amines) is 1. The number of rotatable bonds is 5. The Hall–Kier alpha value is -2.60. The van der Waals surface area contributed by atoms with Crippen LogP contribution in [0.2, 0.25) is 0 Å². The van der Waals surface area contributed by atoms with Crippen LogP contribution < -0.4 is 9.47 Å². The van der Waals surface area contributed by atoms with Crippen molar-refractivity contribution in [2.45, 2.75) is 32.3 Å². The molecule has 1 N–H and O–H groups in total. The van der Waals surface area contributed by atoms with Crippen molar-refractivity contribution >= 4 is 5.91 Å². The van der Waals surface area contributed by atoms with E-state index in [1.54, 1.807) is 4.90 Å². The summed E-state index contributed by atoms with van der Waals surface area (Å²) in [5, 5.41) is 10.9. The van der Waals surface area contributed by atoms with Gasteiger partial charge >= 0.3 is 0 Å². The van der Waals surface area contributed by atoms with Crippen molar-refractivity contribution in [3.05, 3.63) is 58.9 Å². The van der Waals surface area contributed by atoms with Gasteiger partial charge in [-0.1, -0.05) is 6.07 Å². The molecule has 3 rings (SSSR count). The highest BCUT2D eigenvalue weighted by atomic mass is 19.1. The standard InChI is InChI=1S/C22H26FNO4/c1-15-5-7-18(11-16(15)2)28-14-22(26)9-4-10-24(13-22)21(25)17-6-8-20(27-3)19(23)12-17/h5-8,11-12,26H,4,9-10,13-14H2,1-3H3. The molecule has 0 spiro atoms. The van der Waals surface area contributed by atoms with Crippen LogP contribution in [0.5, 0.6) is 11.5 Å². The van der Waals surface area contributed by atoms with Crippen molar-refractivity contribution in [1.82, 2.24) is 4.90 Å². The van der Waals surface area contributed by atoms with E-state index < -0.39 is 11.4 Å². The van der Waals surface area contributed by atoms with Crippen LogP contribution in [0.1, 0.15) is 34.3 Å². The minimum absolute atomic E-state index is 0.0912. The number of methoxy groups -OCH3 is 1. The lowest BCUT2D eigenvalue weighted by molar-refractivity contribution is -0.0532. The fourth-order valence-corrected chi connectivity index (χ4v) is 3.41. The maximum atomic E-state index is 13.9. The molecule has 1 aliphatic rings. The maximum absolute atomic E-state index is 13.9. The fourth-order valence-electron chi connectivity index (χ4n) is 3.41. The second-order valence-electron chi connectivity index (χ2n) is 7.44. The summed E-state index contributed by atoms with van der Waals surface area (Å²) in [5.41, 5.74) is 1.38. The van der Waals surface area contributed by atoms with Gasteiger partial charge in [0.15, 0.2) is 11.6 Å². The zero-order valence-electron chi connectivity index (χ0n) is 16.5. The molecule has 5 nitrogen and oxygen atoms in total. The lowest BCUT2D eigenvalue weighted by Crippen LogP contribution is -2.53. The first-order valence-electron chi connectivity index (χ1n) is 9.36. The fraction of sp³-hybridized carbons (Fsp3) is 0.409. The predicted molar refractivity (Wildman–Crippen MR) is 104 cm³/mol. The van der Waals surface area contributed by atoms with Gasteiger partial charge in [0.25, 0.3) is 5.91 Å². The number of hydrogen-bond acceptors (Lipinski definition) is 4. The topological polar surface area (TPSA) is 59.0 Å². The Morgan fingerprint density at radius 3 is 2.68 bits per heavy atom. The van der Waals surface area contributed by atoms with Crippen LogP contribution in [0.15, 0.2) is 36.4 Å². The van der Waals surface area contributed by atoms with E-state index in [1.807, 2.05) is 32.0 Å². The van der Waals surface area contributed by atoms with Gasteiger partial charge in [0.05, 0.1) is 13.7 Å². The van der Waals surface area contributed by atoms with Crippen molar-refractivity contribution in [3.8, 4) is 11.5 Å². The molecule has 0 aliphatic carbocycles. The number of halogens is 1. The lowest BCUT2D eigenvalue weighted by atomic mass is 9.93. The van der Waals surface area contributed by atoms with E-state index in [-0.39, 0.29) is 30.4 Å². The molecule has 2 aromatic rings. The smallest absolute Gasteiger partial charge is 0.254 e. The van der Waals surface area contributed by atoms with Crippen LogP contribution in [-0.2, 0) is 0 Å². The Bertz CT molecular complexity index is 870. The molecule has 1 saturated heterocycles. The van der Waals surface area contributed by atoms with Gasteiger partial charge in [0.1, 0.15) is 18.0 Å². The van der Waals surface area contributed by atoms with Crippen LogP contribution in [0.3, 0.4) is 0 Å². The van der Waals surface area contributed by atoms with Crippen LogP contribution in [-0.4, -0.2) is 48.3 Å². The first-order valence-corrected chi connectivity index (χ1v) is 9.36. The second kappa shape index (κ2) is 8.19. The quantitative estimate of drug-likeness (QED) is 0.853. The molecule has 1 amide bonds. The molecule has 1 unspecified atom stereocenters. The summed E-state index contributed by atoms with van der Waals surface area (Å²) in [7, 11) is 1.38. The summed E-state index contributed by atoms with van der Waals surface area (Å²) in [4.78, 5) is 14.3. The Morgan fingerprint density at radius 1 is 1.21 bits per heavy atom. The van der Waals surface area contributed by atoms with E-state index in [0.29, 0.717) is 25.1 Å². The van der Waals surface area contributed by atoms with Crippen molar-refractivity contribution in [2.24, 2.45) is 0 Å². The Kier molecular flexibility index (Phi) is 5.89. The van der Waals surface area contributed by atoms with Crippen LogP contribution >= 0.6 is 0 Å². The van der Waals surface area contributed by atoms with Crippen molar-refractivity contribution in [1.29, 1.82) is 0 Å². The maximum Gasteiger partial charge on any atom is 0.254 e. The molecule has 0 aromatic heterocycles. The van der Waals surface area contributed by atoms with Gasteiger partial charge in [0, 0.05) is 12.1 Å². The number of hydrogen-bond donors (Lipinski definition) is 1. The van der Waals surface area contributed by atoms with Crippen LogP contribution in [0, 0.1) is 19.7 Å². The van der Waals surface area contributed by atoms with Gasteiger partial charge < -0.3 is 19.5 Å². The third-order valence-electron chi connectivity index (χ3n) is 5.23. The number of aliphatic hydroxyl groups is 1. The molecule has 28 heavy (non-hydrogen) atoms. The van der Waals surface area contributed by atoms with E-state index in [4.69, 9.17) is 9.47 Å². The van der Waals surface area contributed by atoms with Gasteiger partial charge in [-0.25, -0.2) is 4.39 Å². The van der Waals surface area contributed by atoms with Crippen molar-refractivity contribution < 1.29 is 23.8 Å². The van der Waals surface area contributed by atoms with E-state index in [9.17, 15) is 14.3 Å². The zero-order valence-corrected chi connectivity index (χ0v) is 16.5. The number of benzene rings is 2. The second-order valence-corrected chi connectivity index (χ2v) is 7.44. The number of aryl methyl sites for hydroxylation is 2. The summed E-state index contributed by atoms with van der Waals surface area (Å²) in [5.74, 6) is -0.116. The summed E-state index contributed by atoms with van der Waals surface area (Å²) in [6.07, 6.45) is 1.19. The molecular weight excluding hydrogens is 361 g/mol. The number of carbonyl (C=O) groups is 1. The largest absolute Gasteiger partial charge is 0.494 e. The number of amides is 1. The van der Waals surface area contributed by atoms with Crippen molar-refractivity contribution in [2.75, 3.05) is 26.8 Å². The molecule has 0 radical (unpaired) electrons. The van der Waals surface area contributed by atoms with E-state index in [1.165, 1.54) is 30.9 Å². The van der Waals surface area contributed by atoms with Gasteiger partial charge in [0.2, 0.25) is 0 Å². The number of ether oxygens (including phenoxy) is 2. The van der Waals surface area contributed by atoms with E-state index >= 15 is 0 Å². The Balaban J connectivity index is 1.67. The number of carbonyl (C=O) groups excluding carboxylic acids is 1. The van der Waals surface area contributed by atoms with Crippen molar-refractivity contribution in [3.63, 3.8) is 0 Å². The van der Waals surface area contributed by atoms with Gasteiger partial charge in [-0.2, -0.15) is 0 Å². The average Bonchev–Trinajstić information content (AvgIpc) is 2.68. The summed E-state index contributed by atoms with van der Waals surface area (Å²) >= 11 is 0. The summed E-state index contributed by atoms with van der Waals surface area (Å²) < 4.78 is 24.6. The molecule has 1 atom stereocenters. The van der Waals surface area contributed by atoms with Gasteiger partial charge in [-0.05, 0) is 68.1 Å². The van der Waals surface area contributed by atoms with Gasteiger partial charge in [-0.15, -0.1) is 0 Å². The van der Waals surface area contributed by atoms with Gasteiger partial charge in [-0.3, -0.25) is 4.79 Å². The first kappa shape index (κ1) is 20.1. The molecule has 0 bridgehead atoms. The Labute approximate surface area is 164 Å². The molecule has 150 valence electrons. The number of β-amino-alcohol motifs (C(OH)–C–C–N with tert-alkyl or cyclic N) is 1. The number of nitrogens with zero attached hydrogens (tertiary/aromatic N) is 1. The lowest BCUT2D eigenvalue weighted by Gasteiger charge is -2.39. The molecule has 1 fully saturated rings. The predicted octanol–water partition coefficient (Wildman–Crippen LogP) is 3.50. The molecule has 6 heteroatoms. The monoisotopic (exact) mass is 387 g/mol. The minimum atomic E-state index is -1.14. The highest BCUT2D eigenvalue weighted by Crippen LogP contribution is 2.26. The zero-order chi connectivity index (χ0) is 20.3. The number of piperidine rings is 1. The van der Waals surface area contributed by atoms with Crippen LogP contribution in [0.4, 0.5) is 4.39 Å². The highest BCUT2D eigenvalue weighted by molar-refractivity contribution is 5.94. The molecule has 0 saturated carbocycles. The highest BCUT2D eigenvalue weighted by Gasteiger charge is 2.36. The third kappa shape index (κ3) is 4.44. The molecule has 1 aliphatic heterocycles.